The zero-order valence-corrected chi connectivity index (χ0v) is 19.0. The van der Waals surface area contributed by atoms with Crippen LogP contribution in [0, 0.1) is 5.92 Å². The molecule has 0 amide bonds. The summed E-state index contributed by atoms with van der Waals surface area (Å²) in [4.78, 5) is 0. The molecule has 0 saturated heterocycles. The van der Waals surface area contributed by atoms with Crippen molar-refractivity contribution < 1.29 is 19.7 Å². The zero-order valence-electron chi connectivity index (χ0n) is 15.8. The molecule has 2 aromatic rings. The quantitative estimate of drug-likeness (QED) is 0.512. The number of halogens is 2. The van der Waals surface area contributed by atoms with E-state index in [0.29, 0.717) is 17.4 Å². The molecule has 2 N–H and O–H groups in total. The van der Waals surface area contributed by atoms with Gasteiger partial charge in [0.25, 0.3) is 0 Å². The SMILES string of the molecule is CC(C)C(C)(c1ccc(OCCO)c(Br)c1)c1ccc(OCCO)c(Br)c1. The van der Waals surface area contributed by atoms with Gasteiger partial charge in [-0.3, -0.25) is 0 Å². The van der Waals surface area contributed by atoms with E-state index in [1.807, 2.05) is 12.1 Å². The smallest absolute Gasteiger partial charge is 0.133 e. The normalized spacial score (nSPS) is 11.7. The molecular weight excluding hydrogens is 476 g/mol. The van der Waals surface area contributed by atoms with Gasteiger partial charge in [0.15, 0.2) is 0 Å². The summed E-state index contributed by atoms with van der Waals surface area (Å²) in [6, 6.07) is 12.2. The molecule has 0 unspecified atom stereocenters. The molecule has 0 aliphatic heterocycles. The molecule has 2 rings (SSSR count). The number of ether oxygens (including phenoxy) is 2. The Hall–Kier alpha value is -1.08. The van der Waals surface area contributed by atoms with Crippen molar-refractivity contribution in [2.24, 2.45) is 5.92 Å². The van der Waals surface area contributed by atoms with Crippen LogP contribution in [0.5, 0.6) is 11.5 Å². The Morgan fingerprint density at radius 2 is 1.26 bits per heavy atom. The van der Waals surface area contributed by atoms with E-state index >= 15 is 0 Å². The van der Waals surface area contributed by atoms with Crippen LogP contribution in [0.25, 0.3) is 0 Å². The van der Waals surface area contributed by atoms with E-state index in [0.717, 1.165) is 20.1 Å². The van der Waals surface area contributed by atoms with Crippen molar-refractivity contribution in [2.45, 2.75) is 26.2 Å². The molecule has 0 bridgehead atoms. The van der Waals surface area contributed by atoms with Crippen molar-refractivity contribution in [1.82, 2.24) is 0 Å². The predicted octanol–water partition coefficient (Wildman–Crippen LogP) is 4.92. The summed E-state index contributed by atoms with van der Waals surface area (Å²) in [6.07, 6.45) is 0. The minimum absolute atomic E-state index is 0.0172. The van der Waals surface area contributed by atoms with Crippen LogP contribution in [0.2, 0.25) is 0 Å². The van der Waals surface area contributed by atoms with E-state index in [1.54, 1.807) is 0 Å². The highest BCUT2D eigenvalue weighted by molar-refractivity contribution is 9.10. The van der Waals surface area contributed by atoms with Gasteiger partial charge in [0.2, 0.25) is 0 Å². The van der Waals surface area contributed by atoms with E-state index in [-0.39, 0.29) is 31.8 Å². The lowest BCUT2D eigenvalue weighted by Crippen LogP contribution is -2.30. The Morgan fingerprint density at radius 3 is 1.56 bits per heavy atom. The van der Waals surface area contributed by atoms with Gasteiger partial charge in [-0.25, -0.2) is 0 Å². The molecule has 6 heteroatoms. The lowest BCUT2D eigenvalue weighted by atomic mass is 9.68. The maximum Gasteiger partial charge on any atom is 0.133 e. The van der Waals surface area contributed by atoms with Gasteiger partial charge in [-0.15, -0.1) is 0 Å². The number of aliphatic hydroxyl groups excluding tert-OH is 2. The Balaban J connectivity index is 2.43. The van der Waals surface area contributed by atoms with Crippen LogP contribution in [0.3, 0.4) is 0 Å². The van der Waals surface area contributed by atoms with Crippen molar-refractivity contribution in [3.8, 4) is 11.5 Å². The molecule has 0 atom stereocenters. The van der Waals surface area contributed by atoms with Gasteiger partial charge in [-0.1, -0.05) is 32.9 Å². The number of aliphatic hydroxyl groups is 2. The first-order valence-electron chi connectivity index (χ1n) is 8.92. The molecular formula is C21H26Br2O4. The highest BCUT2D eigenvalue weighted by atomic mass is 79.9. The van der Waals surface area contributed by atoms with Gasteiger partial charge < -0.3 is 19.7 Å². The summed E-state index contributed by atoms with van der Waals surface area (Å²) >= 11 is 7.17. The monoisotopic (exact) mass is 500 g/mol. The van der Waals surface area contributed by atoms with E-state index in [1.165, 1.54) is 0 Å². The van der Waals surface area contributed by atoms with Gasteiger partial charge in [-0.05, 0) is 73.2 Å². The molecule has 0 saturated carbocycles. The fraction of sp³-hybridized carbons (Fsp3) is 0.429. The van der Waals surface area contributed by atoms with Crippen molar-refractivity contribution in [1.29, 1.82) is 0 Å². The van der Waals surface area contributed by atoms with Gasteiger partial charge in [0, 0.05) is 5.41 Å². The molecule has 0 spiro atoms. The van der Waals surface area contributed by atoms with Crippen molar-refractivity contribution in [2.75, 3.05) is 26.4 Å². The highest BCUT2D eigenvalue weighted by Gasteiger charge is 2.33. The molecule has 0 heterocycles. The number of hydrogen-bond donors (Lipinski definition) is 2. The van der Waals surface area contributed by atoms with Crippen LogP contribution in [0.15, 0.2) is 45.3 Å². The van der Waals surface area contributed by atoms with Crippen LogP contribution < -0.4 is 9.47 Å². The van der Waals surface area contributed by atoms with E-state index in [4.69, 9.17) is 19.7 Å². The summed E-state index contributed by atoms with van der Waals surface area (Å²) in [5, 5.41) is 17.9. The average molecular weight is 502 g/mol. The first kappa shape index (κ1) is 22.2. The lowest BCUT2D eigenvalue weighted by Gasteiger charge is -2.36. The minimum atomic E-state index is -0.226. The molecule has 0 aliphatic rings. The third-order valence-corrected chi connectivity index (χ3v) is 6.15. The Labute approximate surface area is 177 Å². The highest BCUT2D eigenvalue weighted by Crippen LogP contribution is 2.43. The fourth-order valence-electron chi connectivity index (χ4n) is 3.03. The Kier molecular flexibility index (Phi) is 8.16. The predicted molar refractivity (Wildman–Crippen MR) is 115 cm³/mol. The standard InChI is InChI=1S/C21H26Br2O4/c1-14(2)21(3,15-4-6-19(17(22)12-15)26-10-8-24)16-5-7-20(18(23)13-16)27-11-9-25/h4-7,12-14,24-25H,8-11H2,1-3H3. The summed E-state index contributed by atoms with van der Waals surface area (Å²) in [7, 11) is 0. The average Bonchev–Trinajstić information content (AvgIpc) is 2.65. The van der Waals surface area contributed by atoms with Crippen molar-refractivity contribution in [3.63, 3.8) is 0 Å². The van der Waals surface area contributed by atoms with Crippen LogP contribution in [0.1, 0.15) is 31.9 Å². The van der Waals surface area contributed by atoms with Gasteiger partial charge in [0.1, 0.15) is 24.7 Å². The fourth-order valence-corrected chi connectivity index (χ4v) is 4.01. The minimum Gasteiger partial charge on any atom is -0.490 e. The molecule has 4 nitrogen and oxygen atoms in total. The summed E-state index contributed by atoms with van der Waals surface area (Å²) in [6.45, 7) is 7.13. The van der Waals surface area contributed by atoms with Gasteiger partial charge in [-0.2, -0.15) is 0 Å². The molecule has 27 heavy (non-hydrogen) atoms. The molecule has 0 fully saturated rings. The summed E-state index contributed by atoms with van der Waals surface area (Å²) in [5.74, 6) is 1.77. The molecule has 0 aliphatic carbocycles. The first-order valence-corrected chi connectivity index (χ1v) is 10.5. The second-order valence-corrected chi connectivity index (χ2v) is 8.50. The van der Waals surface area contributed by atoms with E-state index in [9.17, 15) is 0 Å². The van der Waals surface area contributed by atoms with E-state index in [2.05, 4.69) is 76.9 Å². The maximum atomic E-state index is 8.96. The van der Waals surface area contributed by atoms with Crippen LogP contribution in [-0.4, -0.2) is 36.6 Å². The van der Waals surface area contributed by atoms with Crippen LogP contribution >= 0.6 is 31.9 Å². The third kappa shape index (κ3) is 5.05. The summed E-state index contributed by atoms with van der Waals surface area (Å²) in [5.41, 5.74) is 2.10. The van der Waals surface area contributed by atoms with Gasteiger partial charge in [0.05, 0.1) is 22.2 Å². The molecule has 0 aromatic heterocycles. The maximum absolute atomic E-state index is 8.96. The zero-order chi connectivity index (χ0) is 20.0. The van der Waals surface area contributed by atoms with Crippen LogP contribution in [-0.2, 0) is 5.41 Å². The molecule has 0 radical (unpaired) electrons. The molecule has 148 valence electrons. The van der Waals surface area contributed by atoms with Crippen molar-refractivity contribution in [3.05, 3.63) is 56.5 Å². The second-order valence-electron chi connectivity index (χ2n) is 6.79. The number of benzene rings is 2. The van der Waals surface area contributed by atoms with Gasteiger partial charge >= 0.3 is 0 Å². The largest absolute Gasteiger partial charge is 0.490 e. The third-order valence-electron chi connectivity index (χ3n) is 4.92. The van der Waals surface area contributed by atoms with E-state index < -0.39 is 0 Å². The molecule has 2 aromatic carbocycles. The van der Waals surface area contributed by atoms with Crippen molar-refractivity contribution >= 4 is 31.9 Å². The Bertz CT molecular complexity index is 704. The topological polar surface area (TPSA) is 58.9 Å². The summed E-state index contributed by atoms with van der Waals surface area (Å²) < 4.78 is 12.8. The lowest BCUT2D eigenvalue weighted by molar-refractivity contribution is 0.200. The van der Waals surface area contributed by atoms with Crippen LogP contribution in [0.4, 0.5) is 0 Å². The second kappa shape index (κ2) is 9.92. The number of hydrogen-bond acceptors (Lipinski definition) is 4. The number of rotatable bonds is 9. The Morgan fingerprint density at radius 1 is 0.852 bits per heavy atom. The first-order chi connectivity index (χ1) is 12.8.